The predicted octanol–water partition coefficient (Wildman–Crippen LogP) is 5.89. The van der Waals surface area contributed by atoms with Gasteiger partial charge >= 0.3 is 5.97 Å². The van der Waals surface area contributed by atoms with Crippen molar-refractivity contribution in [3.63, 3.8) is 0 Å². The van der Waals surface area contributed by atoms with E-state index >= 15 is 0 Å². The fourth-order valence-corrected chi connectivity index (χ4v) is 6.61. The molecule has 9 nitrogen and oxygen atoms in total. The van der Waals surface area contributed by atoms with Gasteiger partial charge in [-0.15, -0.1) is 0 Å². The fourth-order valence-electron chi connectivity index (χ4n) is 6.61. The van der Waals surface area contributed by atoms with E-state index in [-0.39, 0.29) is 43.8 Å². The number of rotatable bonds is 16. The highest BCUT2D eigenvalue weighted by Gasteiger charge is 2.35. The molecule has 0 radical (unpaired) electrons. The van der Waals surface area contributed by atoms with E-state index in [0.29, 0.717) is 25.8 Å². The third-order valence-corrected chi connectivity index (χ3v) is 9.29. The average Bonchev–Trinajstić information content (AvgIpc) is 3.55. The Morgan fingerprint density at radius 3 is 2.30 bits per heavy atom. The number of aliphatic hydroxyl groups is 2. The number of likely N-dealkylation sites (tertiary alicyclic amines) is 1. The lowest BCUT2D eigenvalue weighted by atomic mass is 9.97. The average molecular weight is 645 g/mol. The van der Waals surface area contributed by atoms with Gasteiger partial charge in [0.2, 0.25) is 5.91 Å². The smallest absolute Gasteiger partial charge is 0.303 e. The summed E-state index contributed by atoms with van der Waals surface area (Å²) in [6.07, 6.45) is 5.63. The minimum atomic E-state index is -0.777. The number of ether oxygens (including phenoxy) is 2. The highest BCUT2D eigenvalue weighted by molar-refractivity contribution is 5.76. The molecule has 2 saturated heterocycles. The van der Waals surface area contributed by atoms with Crippen molar-refractivity contribution >= 4 is 11.9 Å². The minimum absolute atomic E-state index is 0.00288. The number of carboxylic acid groups (broad SMARTS) is 1. The molecule has 2 aliphatic rings. The van der Waals surface area contributed by atoms with Crippen LogP contribution in [0.5, 0.6) is 0 Å². The van der Waals surface area contributed by atoms with Crippen molar-refractivity contribution in [2.75, 3.05) is 19.7 Å². The third-order valence-electron chi connectivity index (χ3n) is 9.29. The van der Waals surface area contributed by atoms with Gasteiger partial charge in [-0.1, -0.05) is 85.6 Å². The van der Waals surface area contributed by atoms with E-state index in [0.717, 1.165) is 78.6 Å². The molecule has 0 spiro atoms. The summed E-state index contributed by atoms with van der Waals surface area (Å²) in [6, 6.07) is 24.3. The molecule has 2 heterocycles. The van der Waals surface area contributed by atoms with E-state index in [1.165, 1.54) is 0 Å². The van der Waals surface area contributed by atoms with Crippen LogP contribution in [0.4, 0.5) is 0 Å². The van der Waals surface area contributed by atoms with Crippen LogP contribution in [0.25, 0.3) is 11.1 Å². The molecule has 4 N–H and O–H groups in total. The summed E-state index contributed by atoms with van der Waals surface area (Å²) in [5.74, 6) is -0.782. The van der Waals surface area contributed by atoms with Crippen LogP contribution in [0.1, 0.15) is 92.4 Å². The quantitative estimate of drug-likeness (QED) is 0.142. The Morgan fingerprint density at radius 2 is 1.57 bits per heavy atom. The van der Waals surface area contributed by atoms with Gasteiger partial charge in [0, 0.05) is 44.0 Å². The molecule has 9 heteroatoms. The van der Waals surface area contributed by atoms with Gasteiger partial charge in [-0.05, 0) is 60.0 Å². The number of aliphatic carboxylic acids is 1. The Bertz CT molecular complexity index is 1430. The Kier molecular flexibility index (Phi) is 12.9. The Morgan fingerprint density at radius 1 is 0.851 bits per heavy atom. The van der Waals surface area contributed by atoms with Crippen molar-refractivity contribution in [1.82, 2.24) is 10.2 Å². The molecule has 0 saturated carbocycles. The molecule has 4 unspecified atom stereocenters. The summed E-state index contributed by atoms with van der Waals surface area (Å²) in [7, 11) is 0. The maximum Gasteiger partial charge on any atom is 0.303 e. The number of carbonyl (C=O) groups excluding carboxylic acids is 1. The first-order valence-corrected chi connectivity index (χ1v) is 17.0. The lowest BCUT2D eigenvalue weighted by Gasteiger charge is -2.38. The maximum absolute atomic E-state index is 12.5. The molecule has 0 aromatic heterocycles. The first kappa shape index (κ1) is 34.7. The number of aliphatic hydroxyl groups excluding tert-OH is 2. The predicted molar refractivity (Wildman–Crippen MR) is 179 cm³/mol. The Balaban J connectivity index is 1.23. The van der Waals surface area contributed by atoms with Crippen LogP contribution >= 0.6 is 0 Å². The van der Waals surface area contributed by atoms with Crippen LogP contribution in [0.2, 0.25) is 0 Å². The number of nitrogens with one attached hydrogen (secondary N) is 1. The Labute approximate surface area is 277 Å². The number of amides is 1. The molecule has 0 aliphatic carbocycles. The van der Waals surface area contributed by atoms with Crippen LogP contribution in [0.15, 0.2) is 72.8 Å². The van der Waals surface area contributed by atoms with Crippen molar-refractivity contribution in [3.8, 4) is 11.1 Å². The standard InChI is InChI=1S/C38H48N2O7/c41-25-27-13-15-29(16-14-27)35-22-33(24-40-21-7-9-32(40)26-42)46-38(47-35)30-19-17-28(18-20-30)34-10-6-5-8-31(34)23-39-36(43)11-3-1-2-4-12-37(44)45/h5-6,8,10,13-20,32-33,35,38,41-42H,1-4,7,9,11-12,21-26H2,(H,39,43)(H,44,45). The molecule has 4 atom stereocenters. The third kappa shape index (κ3) is 9.95. The second kappa shape index (κ2) is 17.5. The number of carboxylic acids is 1. The summed E-state index contributed by atoms with van der Waals surface area (Å²) in [4.78, 5) is 25.5. The van der Waals surface area contributed by atoms with E-state index in [9.17, 15) is 19.8 Å². The number of carbonyl (C=O) groups is 2. The molecule has 0 bridgehead atoms. The molecule has 47 heavy (non-hydrogen) atoms. The molecule has 2 fully saturated rings. The molecule has 2 aliphatic heterocycles. The first-order chi connectivity index (χ1) is 22.9. The van der Waals surface area contributed by atoms with E-state index in [2.05, 4.69) is 28.4 Å². The van der Waals surface area contributed by atoms with Gasteiger partial charge in [0.15, 0.2) is 6.29 Å². The van der Waals surface area contributed by atoms with Crippen LogP contribution in [0.3, 0.4) is 0 Å². The number of hydrogen-bond donors (Lipinski definition) is 4. The summed E-state index contributed by atoms with van der Waals surface area (Å²) in [6.45, 7) is 2.26. The lowest BCUT2D eigenvalue weighted by molar-refractivity contribution is -0.253. The number of hydrogen-bond acceptors (Lipinski definition) is 7. The van der Waals surface area contributed by atoms with Gasteiger partial charge in [-0.2, -0.15) is 0 Å². The number of unbranched alkanes of at least 4 members (excludes halogenated alkanes) is 3. The largest absolute Gasteiger partial charge is 0.481 e. The topological polar surface area (TPSA) is 129 Å². The van der Waals surface area contributed by atoms with Gasteiger partial charge in [0.1, 0.15) is 0 Å². The zero-order chi connectivity index (χ0) is 33.0. The molecule has 5 rings (SSSR count). The van der Waals surface area contributed by atoms with Crippen molar-refractivity contribution in [3.05, 3.63) is 95.1 Å². The van der Waals surface area contributed by atoms with Crippen LogP contribution in [0, 0.1) is 0 Å². The number of nitrogens with zero attached hydrogens (tertiary/aromatic N) is 1. The van der Waals surface area contributed by atoms with Gasteiger partial charge in [-0.25, -0.2) is 0 Å². The summed E-state index contributed by atoms with van der Waals surface area (Å²) in [5, 5.41) is 31.2. The molecule has 3 aromatic carbocycles. The monoisotopic (exact) mass is 644 g/mol. The first-order valence-electron chi connectivity index (χ1n) is 17.0. The fraction of sp³-hybridized carbons (Fsp3) is 0.474. The van der Waals surface area contributed by atoms with Gasteiger partial charge in [-0.3, -0.25) is 14.5 Å². The van der Waals surface area contributed by atoms with Crippen LogP contribution in [-0.2, 0) is 32.2 Å². The molecule has 252 valence electrons. The normalized spacial score (nSPS) is 21.5. The van der Waals surface area contributed by atoms with Crippen LogP contribution in [-0.4, -0.2) is 63.9 Å². The highest BCUT2D eigenvalue weighted by Crippen LogP contribution is 2.39. The lowest BCUT2D eigenvalue weighted by Crippen LogP contribution is -2.42. The van der Waals surface area contributed by atoms with Gasteiger partial charge in [0.05, 0.1) is 25.4 Å². The second-order valence-corrected chi connectivity index (χ2v) is 12.7. The SMILES string of the molecule is O=C(O)CCCCCCC(=O)NCc1ccccc1-c1ccc(C2OC(CN3CCCC3CO)CC(c3ccc(CO)cc3)O2)cc1. The van der Waals surface area contributed by atoms with E-state index in [1.807, 2.05) is 54.6 Å². The van der Waals surface area contributed by atoms with Crippen molar-refractivity contribution in [2.24, 2.45) is 0 Å². The summed E-state index contributed by atoms with van der Waals surface area (Å²) in [5.41, 5.74) is 5.93. The molecule has 1 amide bonds. The van der Waals surface area contributed by atoms with E-state index in [1.54, 1.807) is 0 Å². The zero-order valence-corrected chi connectivity index (χ0v) is 27.1. The van der Waals surface area contributed by atoms with Crippen molar-refractivity contribution in [2.45, 2.75) is 95.5 Å². The van der Waals surface area contributed by atoms with Crippen molar-refractivity contribution in [1.29, 1.82) is 0 Å². The van der Waals surface area contributed by atoms with E-state index < -0.39 is 12.3 Å². The number of benzene rings is 3. The van der Waals surface area contributed by atoms with Crippen molar-refractivity contribution < 1.29 is 34.4 Å². The summed E-state index contributed by atoms with van der Waals surface area (Å²) >= 11 is 0. The minimum Gasteiger partial charge on any atom is -0.481 e. The highest BCUT2D eigenvalue weighted by atomic mass is 16.7. The second-order valence-electron chi connectivity index (χ2n) is 12.7. The molecule has 3 aromatic rings. The zero-order valence-electron chi connectivity index (χ0n) is 27.1. The Hall–Kier alpha value is -3.60. The molecular formula is C38H48N2O7. The summed E-state index contributed by atoms with van der Waals surface area (Å²) < 4.78 is 13.1. The maximum atomic E-state index is 12.5. The molecular weight excluding hydrogens is 596 g/mol. The van der Waals surface area contributed by atoms with E-state index in [4.69, 9.17) is 14.6 Å². The van der Waals surface area contributed by atoms with Crippen LogP contribution < -0.4 is 5.32 Å². The van der Waals surface area contributed by atoms with Gasteiger partial charge < -0.3 is 30.1 Å². The van der Waals surface area contributed by atoms with Gasteiger partial charge in [0.25, 0.3) is 0 Å².